The number of aliphatic hydroxyl groups is 1. The Balaban J connectivity index is 1.70. The Hall–Kier alpha value is -1.23. The topological polar surface area (TPSA) is 45.2 Å². The molecule has 3 nitrogen and oxygen atoms in total. The van der Waals surface area contributed by atoms with Crippen molar-refractivity contribution in [3.63, 3.8) is 0 Å². The molecule has 0 unspecified atom stereocenters. The molecule has 2 N–H and O–H groups in total. The summed E-state index contributed by atoms with van der Waals surface area (Å²) in [6.07, 6.45) is 1.40. The third-order valence-electron chi connectivity index (χ3n) is 3.61. The highest BCUT2D eigenvalue weighted by atomic mass is 32.1. The monoisotopic (exact) mass is 274 g/mol. The van der Waals surface area contributed by atoms with E-state index in [-0.39, 0.29) is 12.1 Å². The van der Waals surface area contributed by atoms with Crippen LogP contribution in [-0.2, 0) is 19.4 Å². The zero-order valence-electron chi connectivity index (χ0n) is 11.0. The Morgan fingerprint density at radius 2 is 2.26 bits per heavy atom. The molecule has 1 aromatic carbocycles. The number of aliphatic hydroxyl groups excluding tert-OH is 1. The maximum absolute atomic E-state index is 10.2. The molecule has 2 atom stereocenters. The predicted octanol–water partition coefficient (Wildman–Crippen LogP) is 2.45. The molecule has 0 spiro atoms. The second-order valence-corrected chi connectivity index (χ2v) is 5.86. The Labute approximate surface area is 117 Å². The van der Waals surface area contributed by atoms with Gasteiger partial charge in [-0.1, -0.05) is 31.2 Å². The van der Waals surface area contributed by atoms with Crippen molar-refractivity contribution in [3.05, 3.63) is 51.5 Å². The Morgan fingerprint density at radius 3 is 3.05 bits per heavy atom. The van der Waals surface area contributed by atoms with Crippen LogP contribution in [0, 0.1) is 0 Å². The number of nitrogens with one attached hydrogen (secondary N) is 1. The number of benzene rings is 1. The van der Waals surface area contributed by atoms with E-state index in [1.807, 2.05) is 12.1 Å². The van der Waals surface area contributed by atoms with E-state index in [9.17, 15) is 5.11 Å². The van der Waals surface area contributed by atoms with Gasteiger partial charge in [-0.25, -0.2) is 4.98 Å². The van der Waals surface area contributed by atoms with E-state index in [0.717, 1.165) is 18.5 Å². The van der Waals surface area contributed by atoms with Crippen LogP contribution in [0.15, 0.2) is 29.6 Å². The number of hydrogen-bond donors (Lipinski definition) is 2. The summed E-state index contributed by atoms with van der Waals surface area (Å²) < 4.78 is 0. The van der Waals surface area contributed by atoms with Crippen molar-refractivity contribution in [2.45, 2.75) is 38.5 Å². The van der Waals surface area contributed by atoms with Crippen LogP contribution >= 0.6 is 11.3 Å². The van der Waals surface area contributed by atoms with E-state index in [1.165, 1.54) is 16.1 Å². The smallest absolute Gasteiger partial charge is 0.0926 e. The van der Waals surface area contributed by atoms with Gasteiger partial charge in [0.25, 0.3) is 0 Å². The molecule has 0 saturated heterocycles. The highest BCUT2D eigenvalue weighted by Crippen LogP contribution is 2.31. The highest BCUT2D eigenvalue weighted by molar-refractivity contribution is 7.09. The number of hydrogen-bond acceptors (Lipinski definition) is 4. The van der Waals surface area contributed by atoms with Gasteiger partial charge in [-0.15, -0.1) is 11.3 Å². The summed E-state index contributed by atoms with van der Waals surface area (Å²) in [5.74, 6) is 0. The van der Waals surface area contributed by atoms with Crippen molar-refractivity contribution in [1.29, 1.82) is 0 Å². The van der Waals surface area contributed by atoms with Crippen molar-refractivity contribution in [1.82, 2.24) is 10.3 Å². The first-order valence-corrected chi connectivity index (χ1v) is 7.58. The standard InChI is InChI=1S/C15H18N2OS/c1-2-14-17-11(9-19-14)8-16-15-12-6-4-3-5-10(12)7-13(15)18/h3-6,9,13,15-16,18H,2,7-8H2,1H3/t13-,15+/m0/s1. The Kier molecular flexibility index (Phi) is 3.64. The van der Waals surface area contributed by atoms with Crippen LogP contribution in [0.25, 0.3) is 0 Å². The summed E-state index contributed by atoms with van der Waals surface area (Å²) in [5.41, 5.74) is 3.54. The summed E-state index contributed by atoms with van der Waals surface area (Å²) in [7, 11) is 0. The van der Waals surface area contributed by atoms with Crippen LogP contribution in [0.1, 0.15) is 34.8 Å². The van der Waals surface area contributed by atoms with Gasteiger partial charge in [0.1, 0.15) is 0 Å². The maximum atomic E-state index is 10.2. The fourth-order valence-corrected chi connectivity index (χ4v) is 3.37. The molecule has 3 rings (SSSR count). The average molecular weight is 274 g/mol. The van der Waals surface area contributed by atoms with Gasteiger partial charge in [-0.05, 0) is 17.5 Å². The van der Waals surface area contributed by atoms with Gasteiger partial charge >= 0.3 is 0 Å². The number of rotatable bonds is 4. The molecule has 0 saturated carbocycles. The molecule has 19 heavy (non-hydrogen) atoms. The maximum Gasteiger partial charge on any atom is 0.0926 e. The zero-order chi connectivity index (χ0) is 13.2. The Bertz CT molecular complexity index is 567. The highest BCUT2D eigenvalue weighted by Gasteiger charge is 2.30. The SMILES string of the molecule is CCc1nc(CN[C@@H]2c3ccccc3C[C@@H]2O)cs1. The summed E-state index contributed by atoms with van der Waals surface area (Å²) >= 11 is 1.70. The zero-order valence-corrected chi connectivity index (χ0v) is 11.8. The summed E-state index contributed by atoms with van der Waals surface area (Å²) in [4.78, 5) is 4.55. The second kappa shape index (κ2) is 5.41. The first kappa shape index (κ1) is 12.8. The molecule has 0 aliphatic heterocycles. The molecule has 0 amide bonds. The molecule has 2 aromatic rings. The molecule has 1 heterocycles. The van der Waals surface area contributed by atoms with Crippen LogP contribution in [0.3, 0.4) is 0 Å². The average Bonchev–Trinajstić information content (AvgIpc) is 3.00. The number of aromatic nitrogens is 1. The minimum absolute atomic E-state index is 0.0305. The lowest BCUT2D eigenvalue weighted by Crippen LogP contribution is -2.28. The first-order chi connectivity index (χ1) is 9.28. The third-order valence-corrected chi connectivity index (χ3v) is 4.65. The van der Waals surface area contributed by atoms with Crippen LogP contribution < -0.4 is 5.32 Å². The predicted molar refractivity (Wildman–Crippen MR) is 77.2 cm³/mol. The van der Waals surface area contributed by atoms with Crippen molar-refractivity contribution < 1.29 is 5.11 Å². The molecular formula is C15H18N2OS. The van der Waals surface area contributed by atoms with E-state index in [1.54, 1.807) is 11.3 Å². The van der Waals surface area contributed by atoms with Crippen LogP contribution in [0.4, 0.5) is 0 Å². The molecular weight excluding hydrogens is 256 g/mol. The number of fused-ring (bicyclic) bond motifs is 1. The Morgan fingerprint density at radius 1 is 1.42 bits per heavy atom. The van der Waals surface area contributed by atoms with Gasteiger partial charge in [-0.3, -0.25) is 0 Å². The normalized spacial score (nSPS) is 21.6. The van der Waals surface area contributed by atoms with Crippen LogP contribution in [-0.4, -0.2) is 16.2 Å². The summed E-state index contributed by atoms with van der Waals surface area (Å²) in [5, 5.41) is 16.9. The largest absolute Gasteiger partial charge is 0.391 e. The first-order valence-electron chi connectivity index (χ1n) is 6.70. The lowest BCUT2D eigenvalue weighted by atomic mass is 10.1. The van der Waals surface area contributed by atoms with Gasteiger partial charge < -0.3 is 10.4 Å². The third kappa shape index (κ3) is 2.56. The fourth-order valence-electron chi connectivity index (χ4n) is 2.63. The molecule has 1 aliphatic rings. The number of thiazole rings is 1. The van der Waals surface area contributed by atoms with E-state index < -0.39 is 0 Å². The summed E-state index contributed by atoms with van der Waals surface area (Å²) in [6, 6.07) is 8.29. The second-order valence-electron chi connectivity index (χ2n) is 4.91. The van der Waals surface area contributed by atoms with Gasteiger partial charge in [0.15, 0.2) is 0 Å². The molecule has 1 aromatic heterocycles. The molecule has 0 bridgehead atoms. The van der Waals surface area contributed by atoms with E-state index in [4.69, 9.17) is 0 Å². The van der Waals surface area contributed by atoms with E-state index >= 15 is 0 Å². The molecule has 100 valence electrons. The fraction of sp³-hybridized carbons (Fsp3) is 0.400. The summed E-state index contributed by atoms with van der Waals surface area (Å²) in [6.45, 7) is 2.83. The van der Waals surface area contributed by atoms with Crippen LogP contribution in [0.5, 0.6) is 0 Å². The van der Waals surface area contributed by atoms with Crippen molar-refractivity contribution in [2.75, 3.05) is 0 Å². The lowest BCUT2D eigenvalue weighted by Gasteiger charge is -2.17. The molecule has 0 radical (unpaired) electrons. The minimum atomic E-state index is -0.332. The van der Waals surface area contributed by atoms with E-state index in [0.29, 0.717) is 6.54 Å². The lowest BCUT2D eigenvalue weighted by molar-refractivity contribution is 0.140. The van der Waals surface area contributed by atoms with Gasteiger partial charge in [0, 0.05) is 18.3 Å². The van der Waals surface area contributed by atoms with Gasteiger partial charge in [-0.2, -0.15) is 0 Å². The number of aryl methyl sites for hydroxylation is 1. The van der Waals surface area contributed by atoms with E-state index in [2.05, 4.69) is 34.7 Å². The van der Waals surface area contributed by atoms with Crippen molar-refractivity contribution in [2.24, 2.45) is 0 Å². The quantitative estimate of drug-likeness (QED) is 0.900. The van der Waals surface area contributed by atoms with Crippen molar-refractivity contribution in [3.8, 4) is 0 Å². The van der Waals surface area contributed by atoms with Gasteiger partial charge in [0.2, 0.25) is 0 Å². The minimum Gasteiger partial charge on any atom is -0.391 e. The van der Waals surface area contributed by atoms with Crippen molar-refractivity contribution >= 4 is 11.3 Å². The number of nitrogens with zero attached hydrogens (tertiary/aromatic N) is 1. The molecule has 4 heteroatoms. The van der Waals surface area contributed by atoms with Gasteiger partial charge in [0.05, 0.1) is 22.8 Å². The molecule has 1 aliphatic carbocycles. The molecule has 0 fully saturated rings. The van der Waals surface area contributed by atoms with Crippen LogP contribution in [0.2, 0.25) is 0 Å².